The molecular formula is C23H30ClFN6O3. The van der Waals surface area contributed by atoms with Crippen LogP contribution in [0.25, 0.3) is 16.9 Å². The highest BCUT2D eigenvalue weighted by atomic mass is 35.5. The van der Waals surface area contributed by atoms with Gasteiger partial charge in [0.2, 0.25) is 5.89 Å². The summed E-state index contributed by atoms with van der Waals surface area (Å²) < 4.78 is 25.9. The molecule has 4 heterocycles. The van der Waals surface area contributed by atoms with Crippen molar-refractivity contribution < 1.29 is 18.4 Å². The Morgan fingerprint density at radius 1 is 1.24 bits per heavy atom. The van der Waals surface area contributed by atoms with Crippen LogP contribution in [0, 0.1) is 11.7 Å². The minimum absolute atomic E-state index is 0. The number of halogens is 2. The lowest BCUT2D eigenvalue weighted by atomic mass is 9.95. The van der Waals surface area contributed by atoms with Crippen molar-refractivity contribution in [1.29, 1.82) is 0 Å². The van der Waals surface area contributed by atoms with Crippen LogP contribution < -0.4 is 0 Å². The summed E-state index contributed by atoms with van der Waals surface area (Å²) in [7, 11) is 1.43. The second-order valence-electron chi connectivity index (χ2n) is 8.95. The van der Waals surface area contributed by atoms with Crippen LogP contribution >= 0.6 is 12.4 Å². The Balaban J connectivity index is 0.00000274. The fourth-order valence-electron chi connectivity index (χ4n) is 5.05. The first-order chi connectivity index (χ1) is 16.1. The Kier molecular flexibility index (Phi) is 7.37. The number of piperidine rings is 1. The van der Waals surface area contributed by atoms with Gasteiger partial charge in [-0.2, -0.15) is 14.8 Å². The normalized spacial score (nSPS) is 19.5. The third-order valence-corrected chi connectivity index (χ3v) is 6.85. The van der Waals surface area contributed by atoms with Crippen molar-refractivity contribution >= 4 is 29.4 Å². The van der Waals surface area contributed by atoms with Crippen LogP contribution in [0.5, 0.6) is 0 Å². The molecule has 11 heteroatoms. The molecule has 0 radical (unpaired) electrons. The van der Waals surface area contributed by atoms with Crippen LogP contribution in [0.3, 0.4) is 0 Å². The van der Waals surface area contributed by atoms with Gasteiger partial charge in [0.25, 0.3) is 5.95 Å². The van der Waals surface area contributed by atoms with E-state index in [1.54, 1.807) is 15.6 Å². The van der Waals surface area contributed by atoms with Gasteiger partial charge in [0.15, 0.2) is 0 Å². The number of carbonyl (C=O) groups is 1. The zero-order chi connectivity index (χ0) is 22.9. The SMILES string of the molecule is CCc1nn(-c2noc(C3CCN(C[C@@H]4CCN(C(=O)OC)C4)CC3)n2)c2cc(F)ccc12.Cl. The molecule has 3 aromatic rings. The number of nitrogens with zero attached hydrogens (tertiary/aromatic N) is 6. The van der Waals surface area contributed by atoms with Crippen molar-refractivity contribution in [3.8, 4) is 5.95 Å². The first kappa shape index (κ1) is 24.4. The maximum atomic E-state index is 13.9. The molecule has 1 aromatic carbocycles. The van der Waals surface area contributed by atoms with Crippen molar-refractivity contribution in [2.75, 3.05) is 39.8 Å². The highest BCUT2D eigenvalue weighted by molar-refractivity contribution is 5.85. The third-order valence-electron chi connectivity index (χ3n) is 6.85. The molecule has 0 aliphatic carbocycles. The molecule has 1 atom stereocenters. The summed E-state index contributed by atoms with van der Waals surface area (Å²) in [6.07, 6.45) is 3.38. The standard InChI is InChI=1S/C23H29FN6O3.ClH/c1-3-19-18-5-4-17(24)12-20(18)30(26-19)22-25-21(33-27-22)16-7-9-28(10-8-16)13-15-6-11-29(14-15)23(31)32-2;/h4-5,12,15-16H,3,6-11,13-14H2,1-2H3;1H/t15-;/m0./s1. The van der Waals surface area contributed by atoms with E-state index in [4.69, 9.17) is 9.26 Å². The smallest absolute Gasteiger partial charge is 0.409 e. The second kappa shape index (κ2) is 10.3. The molecule has 0 unspecified atom stereocenters. The topological polar surface area (TPSA) is 89.5 Å². The minimum atomic E-state index is -0.320. The molecular weight excluding hydrogens is 463 g/mol. The summed E-state index contributed by atoms with van der Waals surface area (Å²) in [5.41, 5.74) is 1.52. The number of fused-ring (bicyclic) bond motifs is 1. The molecule has 2 aliphatic heterocycles. The number of methoxy groups -OCH3 is 1. The summed E-state index contributed by atoms with van der Waals surface area (Å²) in [5, 5.41) is 9.64. The van der Waals surface area contributed by atoms with Gasteiger partial charge in [-0.25, -0.2) is 9.18 Å². The Hall–Kier alpha value is -2.72. The number of ether oxygens (including phenoxy) is 1. The molecule has 184 valence electrons. The van der Waals surface area contributed by atoms with Crippen molar-refractivity contribution in [3.63, 3.8) is 0 Å². The lowest BCUT2D eigenvalue weighted by molar-refractivity contribution is 0.128. The molecule has 0 N–H and O–H groups in total. The maximum absolute atomic E-state index is 13.9. The number of carbonyl (C=O) groups excluding carboxylic acids is 1. The first-order valence-electron chi connectivity index (χ1n) is 11.6. The number of rotatable bonds is 5. The Morgan fingerprint density at radius 2 is 2.03 bits per heavy atom. The average Bonchev–Trinajstić information content (AvgIpc) is 3.57. The van der Waals surface area contributed by atoms with Gasteiger partial charge in [0.05, 0.1) is 18.3 Å². The van der Waals surface area contributed by atoms with E-state index in [-0.39, 0.29) is 30.2 Å². The van der Waals surface area contributed by atoms with E-state index in [9.17, 15) is 9.18 Å². The predicted molar refractivity (Wildman–Crippen MR) is 126 cm³/mol. The monoisotopic (exact) mass is 492 g/mol. The lowest BCUT2D eigenvalue weighted by Gasteiger charge is -2.32. The number of aryl methyl sites for hydroxylation is 1. The van der Waals surface area contributed by atoms with E-state index in [0.29, 0.717) is 23.3 Å². The number of hydrogen-bond acceptors (Lipinski definition) is 7. The molecule has 2 aromatic heterocycles. The fourth-order valence-corrected chi connectivity index (χ4v) is 5.05. The van der Waals surface area contributed by atoms with Crippen LogP contribution in [0.2, 0.25) is 0 Å². The van der Waals surface area contributed by atoms with E-state index in [2.05, 4.69) is 20.1 Å². The molecule has 5 rings (SSSR count). The molecule has 9 nitrogen and oxygen atoms in total. The molecule has 0 spiro atoms. The van der Waals surface area contributed by atoms with Gasteiger partial charge in [0, 0.05) is 37.0 Å². The predicted octanol–water partition coefficient (Wildman–Crippen LogP) is 3.80. The first-order valence-corrected chi connectivity index (χ1v) is 11.6. The summed E-state index contributed by atoms with van der Waals surface area (Å²) in [6, 6.07) is 4.65. The molecule has 2 aliphatic rings. The summed E-state index contributed by atoms with van der Waals surface area (Å²) >= 11 is 0. The zero-order valence-corrected chi connectivity index (χ0v) is 20.3. The third kappa shape index (κ3) is 4.74. The van der Waals surface area contributed by atoms with Crippen LogP contribution in [0.4, 0.5) is 9.18 Å². The number of hydrogen-bond donors (Lipinski definition) is 0. The van der Waals surface area contributed by atoms with E-state index >= 15 is 0 Å². The van der Waals surface area contributed by atoms with Crippen molar-refractivity contribution in [1.82, 2.24) is 29.7 Å². The molecule has 0 bridgehead atoms. The van der Waals surface area contributed by atoms with Crippen LogP contribution in [0.15, 0.2) is 22.7 Å². The van der Waals surface area contributed by atoms with E-state index in [1.165, 1.54) is 19.2 Å². The Morgan fingerprint density at radius 3 is 2.76 bits per heavy atom. The molecule has 2 saturated heterocycles. The summed E-state index contributed by atoms with van der Waals surface area (Å²) in [6.45, 7) is 6.44. The van der Waals surface area contributed by atoms with Gasteiger partial charge in [-0.3, -0.25) is 0 Å². The van der Waals surface area contributed by atoms with Crippen molar-refractivity contribution in [2.24, 2.45) is 5.92 Å². The van der Waals surface area contributed by atoms with E-state index < -0.39 is 0 Å². The number of aromatic nitrogens is 4. The lowest BCUT2D eigenvalue weighted by Crippen LogP contribution is -2.37. The van der Waals surface area contributed by atoms with Crippen LogP contribution in [0.1, 0.15) is 43.7 Å². The molecule has 34 heavy (non-hydrogen) atoms. The van der Waals surface area contributed by atoms with Crippen LogP contribution in [-0.4, -0.2) is 75.6 Å². The van der Waals surface area contributed by atoms with E-state index in [0.717, 1.165) is 69.5 Å². The number of likely N-dealkylation sites (tertiary alicyclic amines) is 2. The van der Waals surface area contributed by atoms with Gasteiger partial charge in [-0.15, -0.1) is 12.4 Å². The van der Waals surface area contributed by atoms with Gasteiger partial charge in [-0.05, 0) is 62.0 Å². The van der Waals surface area contributed by atoms with Gasteiger partial charge >= 0.3 is 6.09 Å². The van der Waals surface area contributed by atoms with Gasteiger partial charge in [-0.1, -0.05) is 6.92 Å². The minimum Gasteiger partial charge on any atom is -0.453 e. The highest BCUT2D eigenvalue weighted by Gasteiger charge is 2.31. The van der Waals surface area contributed by atoms with E-state index in [1.807, 2.05) is 6.92 Å². The molecule has 2 fully saturated rings. The molecule has 1 amide bonds. The van der Waals surface area contributed by atoms with Crippen molar-refractivity contribution in [3.05, 3.63) is 35.6 Å². The second-order valence-corrected chi connectivity index (χ2v) is 8.95. The Labute approximate surface area is 203 Å². The maximum Gasteiger partial charge on any atom is 0.409 e. The zero-order valence-electron chi connectivity index (χ0n) is 19.4. The summed E-state index contributed by atoms with van der Waals surface area (Å²) in [4.78, 5) is 20.6. The Bertz CT molecular complexity index is 1140. The highest BCUT2D eigenvalue weighted by Crippen LogP contribution is 2.30. The van der Waals surface area contributed by atoms with Gasteiger partial charge < -0.3 is 19.1 Å². The van der Waals surface area contributed by atoms with Crippen LogP contribution in [-0.2, 0) is 11.2 Å². The largest absolute Gasteiger partial charge is 0.453 e. The number of benzene rings is 1. The summed E-state index contributed by atoms with van der Waals surface area (Å²) in [5.74, 6) is 1.31. The average molecular weight is 493 g/mol. The van der Waals surface area contributed by atoms with Gasteiger partial charge in [0.1, 0.15) is 5.82 Å². The quantitative estimate of drug-likeness (QED) is 0.535. The fraction of sp³-hybridized carbons (Fsp3) is 0.565. The van der Waals surface area contributed by atoms with Crippen molar-refractivity contribution in [2.45, 2.75) is 38.5 Å². The molecule has 0 saturated carbocycles. The number of amides is 1.